The minimum atomic E-state index is 0.158. The van der Waals surface area contributed by atoms with E-state index in [2.05, 4.69) is 28.0 Å². The molecule has 2 rings (SSSR count). The van der Waals surface area contributed by atoms with Crippen LogP contribution in [0, 0.1) is 24.2 Å². The number of piperidine rings is 2. The maximum absolute atomic E-state index is 12.6. The first-order valence-electron chi connectivity index (χ1n) is 9.90. The highest BCUT2D eigenvalue weighted by atomic mass is 16.5. The average Bonchev–Trinajstić information content (AvgIpc) is 2.62. The lowest BCUT2D eigenvalue weighted by atomic mass is 9.91. The predicted octanol–water partition coefficient (Wildman–Crippen LogP) is 1.58. The molecule has 5 nitrogen and oxygen atoms in total. The normalized spacial score (nSPS) is 26.3. The highest BCUT2D eigenvalue weighted by molar-refractivity contribution is 5.79. The van der Waals surface area contributed by atoms with Gasteiger partial charge in [0.2, 0.25) is 5.91 Å². The lowest BCUT2D eigenvalue weighted by Gasteiger charge is -2.38. The summed E-state index contributed by atoms with van der Waals surface area (Å²) >= 11 is 0. The van der Waals surface area contributed by atoms with E-state index in [4.69, 9.17) is 11.2 Å². The fraction of sp³-hybridized carbons (Fsp3) is 0.850. The van der Waals surface area contributed by atoms with Crippen molar-refractivity contribution < 1.29 is 9.53 Å². The molecule has 0 aromatic rings. The van der Waals surface area contributed by atoms with Gasteiger partial charge in [-0.1, -0.05) is 12.8 Å². The highest BCUT2D eigenvalue weighted by Crippen LogP contribution is 2.21. The third-order valence-electron chi connectivity index (χ3n) is 5.56. The van der Waals surface area contributed by atoms with Gasteiger partial charge < -0.3 is 15.0 Å². The lowest BCUT2D eigenvalue weighted by Crippen LogP contribution is -2.52. The smallest absolute Gasteiger partial charge is 0.223 e. The maximum atomic E-state index is 12.6. The Morgan fingerprint density at radius 1 is 1.24 bits per heavy atom. The second-order valence-corrected chi connectivity index (χ2v) is 7.49. The summed E-state index contributed by atoms with van der Waals surface area (Å²) in [5.41, 5.74) is 0. The quantitative estimate of drug-likeness (QED) is 0.534. The van der Waals surface area contributed by atoms with Gasteiger partial charge in [0.1, 0.15) is 0 Å². The predicted molar refractivity (Wildman–Crippen MR) is 101 cm³/mol. The van der Waals surface area contributed by atoms with E-state index in [1.165, 1.54) is 0 Å². The minimum absolute atomic E-state index is 0.158. The van der Waals surface area contributed by atoms with Crippen molar-refractivity contribution >= 4 is 5.91 Å². The number of hydrogen-bond acceptors (Lipinski definition) is 4. The van der Waals surface area contributed by atoms with Crippen LogP contribution in [-0.2, 0) is 9.53 Å². The molecule has 2 atom stereocenters. The van der Waals surface area contributed by atoms with Crippen LogP contribution in [-0.4, -0.2) is 74.2 Å². The van der Waals surface area contributed by atoms with Gasteiger partial charge in [-0.3, -0.25) is 9.69 Å². The maximum Gasteiger partial charge on any atom is 0.223 e. The molecule has 0 radical (unpaired) electrons. The molecule has 2 saturated heterocycles. The summed E-state index contributed by atoms with van der Waals surface area (Å²) in [6, 6.07) is 0.319. The molecule has 0 bridgehead atoms. The number of nitrogens with one attached hydrogen (secondary N) is 1. The van der Waals surface area contributed by atoms with Crippen LogP contribution in [0.25, 0.3) is 0 Å². The van der Waals surface area contributed by atoms with Crippen LogP contribution in [0.5, 0.6) is 0 Å². The van der Waals surface area contributed by atoms with E-state index in [1.54, 1.807) is 0 Å². The Hall–Kier alpha value is -1.09. The molecule has 2 fully saturated rings. The molecule has 0 aromatic carbocycles. The number of carbonyl (C=O) groups is 1. The van der Waals surface area contributed by atoms with E-state index in [0.29, 0.717) is 18.5 Å². The van der Waals surface area contributed by atoms with Crippen molar-refractivity contribution in [3.8, 4) is 12.3 Å². The number of nitrogens with zero attached hydrogens (tertiary/aromatic N) is 2. The number of rotatable bonds is 8. The number of carbonyl (C=O) groups excluding carboxylic acids is 1. The number of ether oxygens (including phenoxy) is 1. The average molecular weight is 350 g/mol. The molecule has 142 valence electrons. The number of amides is 1. The third-order valence-corrected chi connectivity index (χ3v) is 5.56. The number of likely N-dealkylation sites (tertiary alicyclic amines) is 2. The first kappa shape index (κ1) is 20.2. The summed E-state index contributed by atoms with van der Waals surface area (Å²) in [5, 5.41) is 3.33. The molecule has 25 heavy (non-hydrogen) atoms. The molecule has 0 saturated carbocycles. The van der Waals surface area contributed by atoms with E-state index < -0.39 is 0 Å². The van der Waals surface area contributed by atoms with Crippen molar-refractivity contribution in [1.29, 1.82) is 0 Å². The van der Waals surface area contributed by atoms with Crippen LogP contribution in [0.2, 0.25) is 0 Å². The van der Waals surface area contributed by atoms with Gasteiger partial charge in [0, 0.05) is 44.8 Å². The van der Waals surface area contributed by atoms with E-state index in [0.717, 1.165) is 71.6 Å². The Labute approximate surface area is 153 Å². The molecular formula is C20H35N3O2. The van der Waals surface area contributed by atoms with Gasteiger partial charge in [-0.15, -0.1) is 6.42 Å². The zero-order valence-electron chi connectivity index (χ0n) is 16.0. The highest BCUT2D eigenvalue weighted by Gasteiger charge is 2.30. The topological polar surface area (TPSA) is 44.8 Å². The van der Waals surface area contributed by atoms with Gasteiger partial charge in [-0.25, -0.2) is 0 Å². The van der Waals surface area contributed by atoms with E-state index in [-0.39, 0.29) is 11.8 Å². The first-order valence-corrected chi connectivity index (χ1v) is 9.90. The van der Waals surface area contributed by atoms with E-state index in [1.807, 2.05) is 6.92 Å². The minimum Gasteiger partial charge on any atom is -0.382 e. The Kier molecular flexibility index (Phi) is 8.74. The summed E-state index contributed by atoms with van der Waals surface area (Å²) in [7, 11) is 0. The van der Waals surface area contributed by atoms with Crippen LogP contribution in [0.15, 0.2) is 0 Å². The second-order valence-electron chi connectivity index (χ2n) is 7.49. The summed E-state index contributed by atoms with van der Waals surface area (Å²) in [6.07, 6.45) is 9.37. The molecule has 2 heterocycles. The van der Waals surface area contributed by atoms with Gasteiger partial charge >= 0.3 is 0 Å². The fourth-order valence-corrected chi connectivity index (χ4v) is 3.97. The van der Waals surface area contributed by atoms with Crippen molar-refractivity contribution in [3.05, 3.63) is 0 Å². The molecule has 5 heteroatoms. The molecule has 1 N–H and O–H groups in total. The standard InChI is InChI=1S/C20H35N3O2/c1-4-10-22-12-7-18(8-13-22)20(24)21-19-9-14-23(16-17(19)3)11-6-15-25-5-2/h1,17-19H,5-16H2,2-3H3,(H,21,24)/t17-,19+/m0/s1. The lowest BCUT2D eigenvalue weighted by molar-refractivity contribution is -0.127. The Morgan fingerprint density at radius 3 is 2.60 bits per heavy atom. The van der Waals surface area contributed by atoms with Gasteiger partial charge in [0.15, 0.2) is 0 Å². The molecular weight excluding hydrogens is 314 g/mol. The van der Waals surface area contributed by atoms with Crippen LogP contribution < -0.4 is 5.32 Å². The van der Waals surface area contributed by atoms with Crippen molar-refractivity contribution in [3.63, 3.8) is 0 Å². The fourth-order valence-electron chi connectivity index (χ4n) is 3.97. The monoisotopic (exact) mass is 349 g/mol. The second kappa shape index (κ2) is 10.8. The molecule has 0 spiro atoms. The third kappa shape index (κ3) is 6.62. The van der Waals surface area contributed by atoms with Crippen LogP contribution in [0.3, 0.4) is 0 Å². The SMILES string of the molecule is C#CCN1CCC(C(=O)N[C@@H]2CCN(CCCOCC)C[C@@H]2C)CC1. The summed E-state index contributed by atoms with van der Waals surface area (Å²) < 4.78 is 5.42. The first-order chi connectivity index (χ1) is 12.1. The van der Waals surface area contributed by atoms with E-state index in [9.17, 15) is 4.79 Å². The molecule has 2 aliphatic heterocycles. The van der Waals surface area contributed by atoms with Crippen molar-refractivity contribution in [2.75, 3.05) is 52.5 Å². The number of hydrogen-bond donors (Lipinski definition) is 1. The van der Waals surface area contributed by atoms with Crippen LogP contribution in [0.4, 0.5) is 0 Å². The van der Waals surface area contributed by atoms with E-state index >= 15 is 0 Å². The summed E-state index contributed by atoms with van der Waals surface area (Å²) in [4.78, 5) is 17.4. The molecule has 0 unspecified atom stereocenters. The van der Waals surface area contributed by atoms with Gasteiger partial charge in [0.25, 0.3) is 0 Å². The van der Waals surface area contributed by atoms with Crippen molar-refractivity contribution in [1.82, 2.24) is 15.1 Å². The summed E-state index contributed by atoms with van der Waals surface area (Å²) in [5.74, 6) is 3.61. The zero-order chi connectivity index (χ0) is 18.1. The summed E-state index contributed by atoms with van der Waals surface area (Å²) in [6.45, 7) is 11.8. The Bertz CT molecular complexity index is 441. The van der Waals surface area contributed by atoms with Crippen molar-refractivity contribution in [2.24, 2.45) is 11.8 Å². The van der Waals surface area contributed by atoms with Gasteiger partial charge in [-0.05, 0) is 51.6 Å². The number of terminal acetylenes is 1. The molecule has 0 aromatic heterocycles. The van der Waals surface area contributed by atoms with Crippen molar-refractivity contribution in [2.45, 2.75) is 45.6 Å². The molecule has 0 aliphatic carbocycles. The van der Waals surface area contributed by atoms with Crippen LogP contribution >= 0.6 is 0 Å². The Morgan fingerprint density at radius 2 is 1.96 bits per heavy atom. The molecule has 1 amide bonds. The zero-order valence-corrected chi connectivity index (χ0v) is 16.0. The van der Waals surface area contributed by atoms with Gasteiger partial charge in [-0.2, -0.15) is 0 Å². The van der Waals surface area contributed by atoms with Gasteiger partial charge in [0.05, 0.1) is 6.54 Å². The Balaban J connectivity index is 1.67. The van der Waals surface area contributed by atoms with Crippen LogP contribution in [0.1, 0.15) is 39.5 Å². The largest absolute Gasteiger partial charge is 0.382 e. The molecule has 2 aliphatic rings.